The predicted molar refractivity (Wildman–Crippen MR) is 29.0 cm³/mol. The van der Waals surface area contributed by atoms with Crippen LogP contribution in [0.2, 0.25) is 0 Å². The first-order valence-corrected chi connectivity index (χ1v) is 8.72. The zero-order valence-electron chi connectivity index (χ0n) is 5.87. The summed E-state index contributed by atoms with van der Waals surface area (Å²) in [5.41, 5.74) is 0. The van der Waals surface area contributed by atoms with Crippen molar-refractivity contribution in [1.82, 2.24) is 0 Å². The van der Waals surface area contributed by atoms with E-state index in [0.717, 1.165) is 0 Å². The molecular weight excluding hydrogens is 328 g/mol. The Kier molecular flexibility index (Phi) is 6.62. The van der Waals surface area contributed by atoms with Gasteiger partial charge in [-0.05, 0) is 0 Å². The summed E-state index contributed by atoms with van der Waals surface area (Å²) in [6, 6.07) is 0. The van der Waals surface area contributed by atoms with Crippen LogP contribution < -0.4 is 0 Å². The monoisotopic (exact) mass is 332 g/mol. The van der Waals surface area contributed by atoms with Crippen molar-refractivity contribution >= 4 is 20.2 Å². The van der Waals surface area contributed by atoms with Crippen molar-refractivity contribution in [3.63, 3.8) is 0 Å². The average molecular weight is 332 g/mol. The number of hydrogen-bond donors (Lipinski definition) is 4. The molecule has 0 spiro atoms. The van der Waals surface area contributed by atoms with Gasteiger partial charge in [0.05, 0.1) is 0 Å². The molecule has 0 unspecified atom stereocenters. The Balaban J connectivity index is 0. The summed E-state index contributed by atoms with van der Waals surface area (Å²) in [7, 11) is -3.83. The minimum absolute atomic E-state index is 2.83. The Labute approximate surface area is 87.0 Å². The molecular formula is H4Cr2O10S2. The van der Waals surface area contributed by atoms with Crippen LogP contribution >= 0.6 is 0 Å². The van der Waals surface area contributed by atoms with Gasteiger partial charge in [-0.3, -0.25) is 9.11 Å². The first kappa shape index (κ1) is 16.8. The molecule has 0 fully saturated rings. The van der Waals surface area contributed by atoms with Gasteiger partial charge in [-0.1, -0.05) is 0 Å². The van der Waals surface area contributed by atoms with Gasteiger partial charge in [0.1, 0.15) is 0 Å². The fourth-order valence-electron chi connectivity index (χ4n) is 0.109. The van der Waals surface area contributed by atoms with E-state index in [1.54, 1.807) is 0 Å². The van der Waals surface area contributed by atoms with Crippen molar-refractivity contribution < 1.29 is 66.9 Å². The molecule has 0 aromatic rings. The predicted octanol–water partition coefficient (Wildman–Crippen LogP) is -1.98. The first-order valence-electron chi connectivity index (χ1n) is 2.06. The summed E-state index contributed by atoms with van der Waals surface area (Å²) in [6.07, 6.45) is 0. The van der Waals surface area contributed by atoms with E-state index in [2.05, 4.69) is 14.0 Å². The Bertz CT molecular complexity index is 408. The van der Waals surface area contributed by atoms with Crippen molar-refractivity contribution in [3.8, 4) is 0 Å². The van der Waals surface area contributed by atoms with Crippen LogP contribution in [0.4, 0.5) is 0 Å². The molecule has 0 radical (unpaired) electrons. The molecule has 0 heterocycles. The van der Waals surface area contributed by atoms with E-state index >= 15 is 0 Å². The van der Waals surface area contributed by atoms with E-state index < -0.39 is 36.3 Å². The maximum atomic E-state index is 9.53. The summed E-state index contributed by atoms with van der Waals surface area (Å²) in [5, 5.41) is 0. The summed E-state index contributed by atoms with van der Waals surface area (Å²) >= 11 is -8.05. The molecule has 14 heavy (non-hydrogen) atoms. The molecule has 0 amide bonds. The molecule has 0 bridgehead atoms. The minimum atomic E-state index is -5.76. The molecule has 0 rings (SSSR count). The van der Waals surface area contributed by atoms with E-state index in [9.17, 15) is 15.2 Å². The fraction of sp³-hybridized carbons (Fsp3) is 0. The Morgan fingerprint density at radius 2 is 1.14 bits per heavy atom. The normalized spacial score (nSPS) is 12.9. The first-order chi connectivity index (χ1) is 5.71. The second-order valence-corrected chi connectivity index (χ2v) is 7.33. The zero-order chi connectivity index (χ0) is 12.2. The summed E-state index contributed by atoms with van der Waals surface area (Å²) in [4.78, 5) is 0. The van der Waals surface area contributed by atoms with Gasteiger partial charge in [-0.15, -0.1) is 0 Å². The summed E-state index contributed by atoms with van der Waals surface area (Å²) in [6.45, 7) is 0. The van der Waals surface area contributed by atoms with Crippen LogP contribution in [-0.4, -0.2) is 21.6 Å². The maximum absolute atomic E-state index is 9.53. The number of hydrogen-bond acceptors (Lipinski definition) is 7. The van der Waals surface area contributed by atoms with Crippen LogP contribution in [0, 0.1) is 0 Å². The van der Waals surface area contributed by atoms with Crippen LogP contribution in [0.5, 0.6) is 0 Å². The Hall–Kier alpha value is 0.435. The molecule has 0 aliphatic carbocycles. The summed E-state index contributed by atoms with van der Waals surface area (Å²) < 4.78 is 80.2. The van der Waals surface area contributed by atoms with Crippen LogP contribution in [0.15, 0.2) is 0 Å². The topological polar surface area (TPSA) is 175 Å². The summed E-state index contributed by atoms with van der Waals surface area (Å²) in [5.74, 6) is 0. The number of rotatable bonds is 2. The van der Waals surface area contributed by atoms with E-state index in [-0.39, 0.29) is 0 Å². The molecule has 14 heteroatoms. The van der Waals surface area contributed by atoms with E-state index in [1.807, 2.05) is 0 Å². The van der Waals surface area contributed by atoms with Crippen molar-refractivity contribution in [2.75, 3.05) is 0 Å². The third kappa shape index (κ3) is 39.3. The Morgan fingerprint density at radius 3 is 1.14 bits per heavy atom. The Morgan fingerprint density at radius 1 is 1.00 bits per heavy atom. The third-order valence-electron chi connectivity index (χ3n) is 0.172. The van der Waals surface area contributed by atoms with Crippen LogP contribution in [0.25, 0.3) is 0 Å². The quantitative estimate of drug-likeness (QED) is 0.440. The van der Waals surface area contributed by atoms with Crippen LogP contribution in [-0.2, 0) is 65.5 Å². The van der Waals surface area contributed by atoms with Crippen molar-refractivity contribution in [2.45, 2.75) is 0 Å². The van der Waals surface area contributed by atoms with Gasteiger partial charge in [0, 0.05) is 11.2 Å². The molecule has 4 N–H and O–H groups in total. The fourth-order valence-corrected chi connectivity index (χ4v) is 1.85. The van der Waals surface area contributed by atoms with E-state index in [4.69, 9.17) is 21.6 Å². The van der Waals surface area contributed by atoms with Crippen molar-refractivity contribution in [2.24, 2.45) is 0 Å². The molecule has 0 aromatic heterocycles. The third-order valence-corrected chi connectivity index (χ3v) is 2.92. The molecule has 88 valence electrons. The second-order valence-electron chi connectivity index (χ2n) is 1.37. The van der Waals surface area contributed by atoms with Gasteiger partial charge >= 0.3 is 53.6 Å². The average Bonchev–Trinajstić information content (AvgIpc) is 1.42. The standard InChI is InChI=1S/2Cr.H2O3S2.2H2O.5O/c;;1-5(2,3)4;;;;;;;/h;;(H2,1,2,3,4);2*1H2;;;;;/q2*+1;;;;;;;;/p-2. The van der Waals surface area contributed by atoms with Crippen molar-refractivity contribution in [3.05, 3.63) is 0 Å². The molecule has 0 aromatic carbocycles. The van der Waals surface area contributed by atoms with Gasteiger partial charge in [-0.25, -0.2) is 0 Å². The molecule has 0 saturated heterocycles. The van der Waals surface area contributed by atoms with Gasteiger partial charge in [-0.2, -0.15) is 4.21 Å². The second kappa shape index (κ2) is 5.50. The van der Waals surface area contributed by atoms with Crippen LogP contribution in [0.3, 0.4) is 0 Å². The van der Waals surface area contributed by atoms with Gasteiger partial charge in [0.25, 0.3) is 9.05 Å². The zero-order valence-corrected chi connectivity index (χ0v) is 10.1. The van der Waals surface area contributed by atoms with E-state index in [1.165, 1.54) is 0 Å². The van der Waals surface area contributed by atoms with Gasteiger partial charge < -0.3 is 0 Å². The molecule has 0 atom stereocenters. The van der Waals surface area contributed by atoms with Gasteiger partial charge in [0.2, 0.25) is 0 Å². The molecule has 0 aliphatic rings. The van der Waals surface area contributed by atoms with E-state index in [0.29, 0.717) is 0 Å². The van der Waals surface area contributed by atoms with Gasteiger partial charge in [0.15, 0.2) is 0 Å². The SMILES string of the molecule is O=S(O)(O)=S.[O]=[Cr](=[O])([OH])[O][Cr](=[O])(=[O])[OH]. The molecule has 0 saturated carbocycles. The molecule has 10 nitrogen and oxygen atoms in total. The van der Waals surface area contributed by atoms with Crippen molar-refractivity contribution in [1.29, 1.82) is 0 Å². The molecule has 0 aliphatic heterocycles. The van der Waals surface area contributed by atoms with Crippen LogP contribution in [0.1, 0.15) is 0 Å².